The molecule has 0 saturated heterocycles. The van der Waals surface area contributed by atoms with Gasteiger partial charge in [0.15, 0.2) is 0 Å². The molecule has 0 bridgehead atoms. The van der Waals surface area contributed by atoms with Crippen molar-refractivity contribution < 1.29 is 9.53 Å². The van der Waals surface area contributed by atoms with Gasteiger partial charge in [-0.3, -0.25) is 4.79 Å². The van der Waals surface area contributed by atoms with Crippen LogP contribution in [-0.2, 0) is 6.61 Å². The molecule has 3 rings (SSSR count). The topological polar surface area (TPSA) is 50.7 Å². The highest BCUT2D eigenvalue weighted by atomic mass is 127. The molecular weight excluding hydrogens is 672 g/mol. The van der Waals surface area contributed by atoms with Crippen LogP contribution < -0.4 is 10.2 Å². The van der Waals surface area contributed by atoms with Crippen molar-refractivity contribution in [3.8, 4) is 5.75 Å². The lowest BCUT2D eigenvalue weighted by Crippen LogP contribution is -2.18. The average molecular weight is 686 g/mol. The van der Waals surface area contributed by atoms with Crippen molar-refractivity contribution in [1.29, 1.82) is 0 Å². The molecular formula is C21H13Cl3I2N2O2. The lowest BCUT2D eigenvalue weighted by Gasteiger charge is -2.11. The first kappa shape index (κ1) is 23.6. The molecule has 9 heteroatoms. The Labute approximate surface area is 216 Å². The lowest BCUT2D eigenvalue weighted by atomic mass is 10.2. The predicted molar refractivity (Wildman–Crippen MR) is 139 cm³/mol. The molecule has 0 spiro atoms. The van der Waals surface area contributed by atoms with Crippen molar-refractivity contribution in [2.24, 2.45) is 5.10 Å². The van der Waals surface area contributed by atoms with Crippen LogP contribution in [0.1, 0.15) is 21.5 Å². The number of ether oxygens (including phenoxy) is 1. The van der Waals surface area contributed by atoms with E-state index in [1.54, 1.807) is 18.3 Å². The predicted octanol–water partition coefficient (Wildman–Crippen LogP) is 7.20. The van der Waals surface area contributed by atoms with Crippen LogP contribution in [0.2, 0.25) is 15.1 Å². The third-order valence-electron chi connectivity index (χ3n) is 3.87. The first-order valence-corrected chi connectivity index (χ1v) is 11.8. The van der Waals surface area contributed by atoms with Crippen LogP contribution in [0.3, 0.4) is 0 Å². The summed E-state index contributed by atoms with van der Waals surface area (Å²) >= 11 is 22.2. The van der Waals surface area contributed by atoms with Gasteiger partial charge in [-0.2, -0.15) is 5.10 Å². The molecule has 0 fully saturated rings. The second-order valence-electron chi connectivity index (χ2n) is 6.05. The smallest absolute Gasteiger partial charge is 0.272 e. The van der Waals surface area contributed by atoms with Gasteiger partial charge in [0.25, 0.3) is 5.91 Å². The minimum absolute atomic E-state index is 0.265. The van der Waals surface area contributed by atoms with Gasteiger partial charge in [-0.25, -0.2) is 5.43 Å². The fraction of sp³-hybridized carbons (Fsp3) is 0.0476. The van der Waals surface area contributed by atoms with E-state index in [1.165, 1.54) is 6.07 Å². The zero-order valence-electron chi connectivity index (χ0n) is 15.1. The molecule has 3 aromatic carbocycles. The average Bonchev–Trinajstić information content (AvgIpc) is 2.68. The van der Waals surface area contributed by atoms with Crippen LogP contribution in [0, 0.1) is 7.14 Å². The van der Waals surface area contributed by atoms with E-state index >= 15 is 0 Å². The van der Waals surface area contributed by atoms with Crippen LogP contribution in [-0.4, -0.2) is 12.1 Å². The number of nitrogens with zero attached hydrogens (tertiary/aromatic N) is 1. The summed E-state index contributed by atoms with van der Waals surface area (Å²) in [7, 11) is 0. The van der Waals surface area contributed by atoms with Crippen molar-refractivity contribution in [3.63, 3.8) is 0 Å². The third kappa shape index (κ3) is 6.46. The number of carbonyl (C=O) groups excluding carboxylic acids is 1. The van der Waals surface area contributed by atoms with Gasteiger partial charge < -0.3 is 4.74 Å². The molecule has 1 amide bonds. The summed E-state index contributed by atoms with van der Waals surface area (Å²) in [6, 6.07) is 16.0. The van der Waals surface area contributed by atoms with Crippen molar-refractivity contribution in [3.05, 3.63) is 93.5 Å². The number of halogens is 5. The van der Waals surface area contributed by atoms with E-state index in [-0.39, 0.29) is 5.02 Å². The van der Waals surface area contributed by atoms with Crippen LogP contribution >= 0.6 is 80.0 Å². The van der Waals surface area contributed by atoms with E-state index in [4.69, 9.17) is 39.5 Å². The molecule has 0 aromatic heterocycles. The van der Waals surface area contributed by atoms with Gasteiger partial charge in [-0.05, 0) is 98.8 Å². The lowest BCUT2D eigenvalue weighted by molar-refractivity contribution is 0.0955. The Morgan fingerprint density at radius 2 is 1.60 bits per heavy atom. The second-order valence-corrected chi connectivity index (χ2v) is 9.66. The maximum atomic E-state index is 12.2. The van der Waals surface area contributed by atoms with E-state index in [0.717, 1.165) is 24.0 Å². The molecule has 0 unspecified atom stereocenters. The second kappa shape index (κ2) is 11.0. The van der Waals surface area contributed by atoms with Crippen molar-refractivity contribution >= 4 is 92.1 Å². The van der Waals surface area contributed by atoms with Crippen LogP contribution in [0.15, 0.2) is 59.7 Å². The van der Waals surface area contributed by atoms with Crippen molar-refractivity contribution in [1.82, 2.24) is 5.43 Å². The summed E-state index contributed by atoms with van der Waals surface area (Å²) in [6.07, 6.45) is 1.56. The highest BCUT2D eigenvalue weighted by molar-refractivity contribution is 14.1. The van der Waals surface area contributed by atoms with Crippen LogP contribution in [0.4, 0.5) is 0 Å². The normalized spacial score (nSPS) is 11.0. The fourth-order valence-corrected chi connectivity index (χ4v) is 5.18. The number of benzene rings is 3. The molecule has 0 saturated carbocycles. The number of hydrogen-bond donors (Lipinski definition) is 1. The fourth-order valence-electron chi connectivity index (χ4n) is 2.43. The number of carbonyl (C=O) groups is 1. The van der Waals surface area contributed by atoms with E-state index in [0.29, 0.717) is 22.2 Å². The molecule has 0 atom stereocenters. The van der Waals surface area contributed by atoms with Crippen LogP contribution in [0.5, 0.6) is 5.75 Å². The SMILES string of the molecule is O=C(N/N=C/c1cc(I)c(OCc2ccc(Cl)cc2)c(I)c1)c1ccc(Cl)cc1Cl. The van der Waals surface area contributed by atoms with Gasteiger partial charge in [0.05, 0.1) is 23.9 Å². The highest BCUT2D eigenvalue weighted by Gasteiger charge is 2.11. The molecule has 4 nitrogen and oxygen atoms in total. The summed E-state index contributed by atoms with van der Waals surface area (Å²) in [4.78, 5) is 12.2. The molecule has 0 aliphatic heterocycles. The number of amides is 1. The van der Waals surface area contributed by atoms with Gasteiger partial charge in [-0.1, -0.05) is 46.9 Å². The molecule has 0 heterocycles. The van der Waals surface area contributed by atoms with Crippen molar-refractivity contribution in [2.75, 3.05) is 0 Å². The van der Waals surface area contributed by atoms with E-state index < -0.39 is 5.91 Å². The summed E-state index contributed by atoms with van der Waals surface area (Å²) < 4.78 is 7.84. The van der Waals surface area contributed by atoms with Gasteiger partial charge >= 0.3 is 0 Å². The quantitative estimate of drug-likeness (QED) is 0.170. The van der Waals surface area contributed by atoms with Gasteiger partial charge in [-0.15, -0.1) is 0 Å². The van der Waals surface area contributed by atoms with E-state index in [1.807, 2.05) is 36.4 Å². The molecule has 0 aliphatic rings. The largest absolute Gasteiger partial charge is 0.487 e. The first-order chi connectivity index (χ1) is 14.3. The van der Waals surface area contributed by atoms with Gasteiger partial charge in [0.2, 0.25) is 0 Å². The zero-order chi connectivity index (χ0) is 21.7. The molecule has 0 radical (unpaired) electrons. The van der Waals surface area contributed by atoms with Crippen molar-refractivity contribution in [2.45, 2.75) is 6.61 Å². The Morgan fingerprint density at radius 3 is 2.23 bits per heavy atom. The Balaban J connectivity index is 1.65. The van der Waals surface area contributed by atoms with E-state index in [9.17, 15) is 4.79 Å². The third-order valence-corrected chi connectivity index (χ3v) is 6.27. The number of nitrogens with one attached hydrogen (secondary N) is 1. The maximum Gasteiger partial charge on any atom is 0.272 e. The Morgan fingerprint density at radius 1 is 0.967 bits per heavy atom. The number of rotatable bonds is 6. The number of hydrogen-bond acceptors (Lipinski definition) is 3. The number of hydrazone groups is 1. The minimum atomic E-state index is -0.416. The summed E-state index contributed by atoms with van der Waals surface area (Å²) in [5, 5.41) is 5.44. The first-order valence-electron chi connectivity index (χ1n) is 8.48. The highest BCUT2D eigenvalue weighted by Crippen LogP contribution is 2.29. The van der Waals surface area contributed by atoms with Gasteiger partial charge in [0.1, 0.15) is 12.4 Å². The summed E-state index contributed by atoms with van der Waals surface area (Å²) in [5.41, 5.74) is 4.62. The summed E-state index contributed by atoms with van der Waals surface area (Å²) in [6.45, 7) is 0.439. The van der Waals surface area contributed by atoms with Crippen LogP contribution in [0.25, 0.3) is 0 Å². The Kier molecular flexibility index (Phi) is 8.64. The van der Waals surface area contributed by atoms with E-state index in [2.05, 4.69) is 55.7 Å². The molecule has 154 valence electrons. The van der Waals surface area contributed by atoms with Gasteiger partial charge in [0, 0.05) is 10.0 Å². The standard InChI is InChI=1S/C21H13Cl3I2N2O2/c22-14-3-1-12(2-4-14)11-30-20-18(25)7-13(8-19(20)26)10-27-28-21(29)16-6-5-15(23)9-17(16)24/h1-10H,11H2,(H,28,29)/b27-10+. The monoisotopic (exact) mass is 684 g/mol. The molecule has 0 aliphatic carbocycles. The minimum Gasteiger partial charge on any atom is -0.487 e. The maximum absolute atomic E-state index is 12.2. The Hall–Kier alpha value is -1.07. The molecule has 1 N–H and O–H groups in total. The molecule has 30 heavy (non-hydrogen) atoms. The Bertz CT molecular complexity index is 1080. The summed E-state index contributed by atoms with van der Waals surface area (Å²) in [5.74, 6) is 0.375. The zero-order valence-corrected chi connectivity index (χ0v) is 21.7. The molecule has 3 aromatic rings.